The van der Waals surface area contributed by atoms with E-state index in [0.717, 1.165) is 35.2 Å². The van der Waals surface area contributed by atoms with Gasteiger partial charge in [0.1, 0.15) is 24.4 Å². The van der Waals surface area contributed by atoms with E-state index in [0.29, 0.717) is 19.4 Å². The summed E-state index contributed by atoms with van der Waals surface area (Å²) < 4.78 is 11.3. The van der Waals surface area contributed by atoms with Crippen LogP contribution >= 0.6 is 0 Å². The van der Waals surface area contributed by atoms with Crippen molar-refractivity contribution in [3.8, 4) is 5.88 Å². The van der Waals surface area contributed by atoms with Crippen molar-refractivity contribution in [2.45, 2.75) is 89.1 Å². The van der Waals surface area contributed by atoms with Gasteiger partial charge in [0.15, 0.2) is 0 Å². The Kier molecular flexibility index (Phi) is 10.4. The molecule has 37 heavy (non-hydrogen) atoms. The van der Waals surface area contributed by atoms with Gasteiger partial charge in [-0.1, -0.05) is 38.1 Å². The van der Waals surface area contributed by atoms with Gasteiger partial charge in [-0.05, 0) is 36.8 Å². The van der Waals surface area contributed by atoms with Gasteiger partial charge in [-0.15, -0.1) is 5.10 Å². The lowest BCUT2D eigenvalue weighted by molar-refractivity contribution is -0.278. The molecule has 1 aromatic heterocycles. The Balaban J connectivity index is 1.66. The number of aryl methyl sites for hydroxylation is 1. The third kappa shape index (κ3) is 7.50. The van der Waals surface area contributed by atoms with Crippen LogP contribution in [0.5, 0.6) is 5.88 Å². The molecule has 0 spiro atoms. The third-order valence-corrected chi connectivity index (χ3v) is 6.55. The quantitative estimate of drug-likeness (QED) is 0.204. The third-order valence-electron chi connectivity index (χ3n) is 6.55. The first-order valence-electron chi connectivity index (χ1n) is 12.8. The Morgan fingerprint density at radius 2 is 1.81 bits per heavy atom. The van der Waals surface area contributed by atoms with Crippen LogP contribution in [-0.4, -0.2) is 86.4 Å². The maximum Gasteiger partial charge on any atom is 0.238 e. The molecule has 0 unspecified atom stereocenters. The molecule has 3 rings (SSSR count). The molecule has 2 heterocycles. The molecular weight excluding hydrogens is 480 g/mol. The van der Waals surface area contributed by atoms with E-state index >= 15 is 0 Å². The molecule has 0 saturated carbocycles. The largest absolute Gasteiger partial charge is 0.443 e. The van der Waals surface area contributed by atoms with Gasteiger partial charge in [-0.25, -0.2) is 0 Å². The number of nitrogens with one attached hydrogen (secondary N) is 2. The molecule has 0 radical (unpaired) electrons. The van der Waals surface area contributed by atoms with Gasteiger partial charge in [0.2, 0.25) is 18.1 Å². The average molecular weight is 521 g/mol. The van der Waals surface area contributed by atoms with Crippen LogP contribution in [0, 0.1) is 0 Å². The predicted molar refractivity (Wildman–Crippen MR) is 136 cm³/mol. The van der Waals surface area contributed by atoms with E-state index in [1.165, 1.54) is 0 Å². The topological polar surface area (TPSA) is 183 Å². The van der Waals surface area contributed by atoms with Crippen molar-refractivity contribution in [2.24, 2.45) is 5.73 Å². The zero-order valence-corrected chi connectivity index (χ0v) is 21.6. The van der Waals surface area contributed by atoms with Gasteiger partial charge in [-0.2, -0.15) is 0 Å². The zero-order valence-electron chi connectivity index (χ0n) is 21.6. The number of aliphatic hydroxyl groups is 4. The highest BCUT2D eigenvalue weighted by Gasteiger charge is 2.45. The maximum absolute atomic E-state index is 11.9. The van der Waals surface area contributed by atoms with Crippen LogP contribution in [0.4, 0.5) is 0 Å². The molecule has 1 aromatic carbocycles. The number of aromatic amines is 1. The minimum Gasteiger partial charge on any atom is -0.443 e. The Morgan fingerprint density at radius 3 is 2.43 bits per heavy atom. The molecular formula is C26H40N4O7. The lowest BCUT2D eigenvalue weighted by atomic mass is 9.97. The number of nitrogens with zero attached hydrogens (tertiary/aromatic N) is 1. The Morgan fingerprint density at radius 1 is 1.14 bits per heavy atom. The molecule has 1 fully saturated rings. The molecule has 0 aliphatic carbocycles. The highest BCUT2D eigenvalue weighted by atomic mass is 16.7. The summed E-state index contributed by atoms with van der Waals surface area (Å²) in [7, 11) is 0. The van der Waals surface area contributed by atoms with Gasteiger partial charge >= 0.3 is 0 Å². The lowest BCUT2D eigenvalue weighted by Crippen LogP contribution is -2.60. The normalized spacial score (nSPS) is 24.7. The number of ether oxygens (including phenoxy) is 2. The van der Waals surface area contributed by atoms with E-state index < -0.39 is 37.3 Å². The predicted octanol–water partition coefficient (Wildman–Crippen LogP) is 0.0887. The van der Waals surface area contributed by atoms with E-state index in [2.05, 4.69) is 15.5 Å². The standard InChI is InChI=1S/C26H40N4O7/c1-14(2)21-18(25(30-29-21)37-26-24(35)23(34)22(33)19(13-31)36-26)11-17-9-7-16(8-10-17)5-4-6-20(32)28-15(3)12-27/h7-10,14-15,19,22-24,26,31,33-35H,4-6,11-13,27H2,1-3H3,(H,28,32)(H,29,30)/t15-,19+,22+,23-,24+,26-/m0/s1. The smallest absolute Gasteiger partial charge is 0.238 e. The molecule has 1 aliphatic rings. The van der Waals surface area contributed by atoms with Crippen molar-refractivity contribution in [3.05, 3.63) is 46.6 Å². The summed E-state index contributed by atoms with van der Waals surface area (Å²) >= 11 is 0. The van der Waals surface area contributed by atoms with Crippen LogP contribution < -0.4 is 15.8 Å². The number of H-pyrrole nitrogens is 1. The van der Waals surface area contributed by atoms with Gasteiger partial charge in [0.05, 0.1) is 6.61 Å². The highest BCUT2D eigenvalue weighted by Crippen LogP contribution is 2.31. The van der Waals surface area contributed by atoms with Crippen molar-refractivity contribution >= 4 is 5.91 Å². The maximum atomic E-state index is 11.9. The van der Waals surface area contributed by atoms with Crippen LogP contribution in [0.3, 0.4) is 0 Å². The van der Waals surface area contributed by atoms with Crippen LogP contribution in [0.1, 0.15) is 61.9 Å². The molecule has 11 heteroatoms. The van der Waals surface area contributed by atoms with Crippen molar-refractivity contribution in [3.63, 3.8) is 0 Å². The molecule has 1 aliphatic heterocycles. The van der Waals surface area contributed by atoms with Crippen molar-refractivity contribution in [1.29, 1.82) is 0 Å². The van der Waals surface area contributed by atoms with Crippen molar-refractivity contribution < 1.29 is 34.7 Å². The molecule has 2 aromatic rings. The van der Waals surface area contributed by atoms with Crippen LogP contribution in [0.15, 0.2) is 24.3 Å². The SMILES string of the molecule is CC(C)c1[nH]nc(O[C@@H]2O[C@H](CO)[C@@H](O)[C@H](O)[C@H]2O)c1Cc1ccc(CCCC(=O)N[C@@H](C)CN)cc1. The zero-order chi connectivity index (χ0) is 27.1. The molecule has 8 N–H and O–H groups in total. The molecule has 11 nitrogen and oxygen atoms in total. The monoisotopic (exact) mass is 520 g/mol. The number of hydrogen-bond acceptors (Lipinski definition) is 9. The van der Waals surface area contributed by atoms with Gasteiger partial charge < -0.3 is 41.0 Å². The summed E-state index contributed by atoms with van der Waals surface area (Å²) in [4.78, 5) is 11.9. The summed E-state index contributed by atoms with van der Waals surface area (Å²) in [6, 6.07) is 8.06. The second-order valence-corrected chi connectivity index (χ2v) is 9.94. The minimum atomic E-state index is -1.54. The second-order valence-electron chi connectivity index (χ2n) is 9.94. The average Bonchev–Trinajstić information content (AvgIpc) is 3.27. The number of hydrogen-bond donors (Lipinski definition) is 7. The van der Waals surface area contributed by atoms with E-state index in [-0.39, 0.29) is 23.7 Å². The second kappa shape index (κ2) is 13.3. The fourth-order valence-electron chi connectivity index (χ4n) is 4.27. The Labute approximate surface area is 217 Å². The minimum absolute atomic E-state index is 0.00248. The number of carbonyl (C=O) groups excluding carboxylic acids is 1. The molecule has 1 amide bonds. The Hall–Kier alpha value is -2.54. The number of rotatable bonds is 12. The van der Waals surface area contributed by atoms with Gasteiger partial charge in [0, 0.05) is 36.7 Å². The number of aromatic nitrogens is 2. The van der Waals surface area contributed by atoms with E-state index in [4.69, 9.17) is 15.2 Å². The number of nitrogens with two attached hydrogens (primary N) is 1. The summed E-state index contributed by atoms with van der Waals surface area (Å²) in [6.07, 6.45) is -4.46. The van der Waals surface area contributed by atoms with E-state index in [1.807, 2.05) is 45.0 Å². The molecule has 206 valence electrons. The van der Waals surface area contributed by atoms with Crippen LogP contribution in [0.2, 0.25) is 0 Å². The van der Waals surface area contributed by atoms with Gasteiger partial charge in [-0.3, -0.25) is 9.89 Å². The van der Waals surface area contributed by atoms with Crippen molar-refractivity contribution in [1.82, 2.24) is 15.5 Å². The first kappa shape index (κ1) is 29.0. The van der Waals surface area contributed by atoms with Crippen molar-refractivity contribution in [2.75, 3.05) is 13.2 Å². The van der Waals surface area contributed by atoms with Crippen LogP contribution in [-0.2, 0) is 22.4 Å². The molecule has 1 saturated heterocycles. The van der Waals surface area contributed by atoms with E-state index in [9.17, 15) is 25.2 Å². The fraction of sp³-hybridized carbons (Fsp3) is 0.615. The first-order valence-corrected chi connectivity index (χ1v) is 12.8. The summed E-state index contributed by atoms with van der Waals surface area (Å²) in [6.45, 7) is 5.78. The van der Waals surface area contributed by atoms with E-state index in [1.54, 1.807) is 0 Å². The summed E-state index contributed by atoms with van der Waals surface area (Å²) in [5, 5.41) is 50.0. The number of carbonyl (C=O) groups is 1. The highest BCUT2D eigenvalue weighted by molar-refractivity contribution is 5.76. The lowest BCUT2D eigenvalue weighted by Gasteiger charge is -2.39. The van der Waals surface area contributed by atoms with Crippen LogP contribution in [0.25, 0.3) is 0 Å². The summed E-state index contributed by atoms with van der Waals surface area (Å²) in [5.41, 5.74) is 9.32. The van der Waals surface area contributed by atoms with Gasteiger partial charge in [0.25, 0.3) is 0 Å². The Bertz CT molecular complexity index is 995. The molecule has 6 atom stereocenters. The molecule has 0 bridgehead atoms. The summed E-state index contributed by atoms with van der Waals surface area (Å²) in [5.74, 6) is 0.333. The number of amides is 1. The number of benzene rings is 1. The fourth-order valence-corrected chi connectivity index (χ4v) is 4.27. The first-order chi connectivity index (χ1) is 17.6. The number of aliphatic hydroxyl groups excluding tert-OH is 4.